The molecule has 1 atom stereocenters. The summed E-state index contributed by atoms with van der Waals surface area (Å²) in [7, 11) is 0. The number of hydrogen-bond donors (Lipinski definition) is 1. The van der Waals surface area contributed by atoms with Crippen molar-refractivity contribution < 1.29 is 9.90 Å². The van der Waals surface area contributed by atoms with Gasteiger partial charge in [-0.15, -0.1) is 11.8 Å². The van der Waals surface area contributed by atoms with Gasteiger partial charge in [-0.2, -0.15) is 0 Å². The predicted molar refractivity (Wildman–Crippen MR) is 33.1 cm³/mol. The maximum absolute atomic E-state index is 10.2. The molecule has 0 unspecified atom stereocenters. The van der Waals surface area contributed by atoms with Crippen LogP contribution in [0.25, 0.3) is 0 Å². The van der Waals surface area contributed by atoms with Gasteiger partial charge in [-0.25, -0.2) is 0 Å². The van der Waals surface area contributed by atoms with Crippen LogP contribution in [0.5, 0.6) is 0 Å². The van der Waals surface area contributed by atoms with Crippen molar-refractivity contribution in [2.75, 3.05) is 5.75 Å². The Balaban J connectivity index is 2.35. The van der Waals surface area contributed by atoms with E-state index >= 15 is 0 Å². The Morgan fingerprint density at radius 2 is 2.50 bits per heavy atom. The Bertz CT molecular complexity index is 96.6. The number of thioether (sulfide) groups is 1. The third-order valence-corrected chi connectivity index (χ3v) is 2.57. The molecule has 46 valence electrons. The molecular weight excluding hydrogens is 124 g/mol. The third-order valence-electron chi connectivity index (χ3n) is 1.21. The Hall–Kier alpha value is -0.180. The van der Waals surface area contributed by atoms with Crippen LogP contribution in [0.1, 0.15) is 12.8 Å². The predicted octanol–water partition coefficient (Wildman–Crippen LogP) is 0.967. The van der Waals surface area contributed by atoms with E-state index in [-0.39, 0.29) is 5.25 Å². The number of aliphatic carboxylic acids is 1. The maximum Gasteiger partial charge on any atom is 0.316 e. The van der Waals surface area contributed by atoms with Crippen molar-refractivity contribution in [3.8, 4) is 0 Å². The summed E-state index contributed by atoms with van der Waals surface area (Å²) in [5.74, 6) is 0.379. The lowest BCUT2D eigenvalue weighted by atomic mass is 10.3. The molecule has 1 fully saturated rings. The highest BCUT2D eigenvalue weighted by Gasteiger charge is 2.21. The molecule has 2 nitrogen and oxygen atoms in total. The average molecular weight is 132 g/mol. The summed E-state index contributed by atoms with van der Waals surface area (Å²) in [6.07, 6.45) is 1.93. The normalized spacial score (nSPS) is 28.2. The van der Waals surface area contributed by atoms with Crippen molar-refractivity contribution in [3.63, 3.8) is 0 Å². The summed E-state index contributed by atoms with van der Waals surface area (Å²) in [6.45, 7) is 0. The largest absolute Gasteiger partial charge is 0.480 e. The molecule has 1 heterocycles. The molecule has 0 aromatic carbocycles. The number of carbonyl (C=O) groups is 1. The molecule has 1 saturated heterocycles. The Morgan fingerprint density at radius 3 is 2.75 bits per heavy atom. The van der Waals surface area contributed by atoms with E-state index in [1.807, 2.05) is 0 Å². The molecule has 0 amide bonds. The van der Waals surface area contributed by atoms with Crippen LogP contribution < -0.4 is 0 Å². The fourth-order valence-corrected chi connectivity index (χ4v) is 1.87. The Labute approximate surface area is 52.3 Å². The van der Waals surface area contributed by atoms with Crippen LogP contribution in [0.15, 0.2) is 0 Å². The zero-order valence-corrected chi connectivity index (χ0v) is 5.28. The first-order chi connectivity index (χ1) is 3.80. The van der Waals surface area contributed by atoms with Crippen LogP contribution in [0.4, 0.5) is 0 Å². The van der Waals surface area contributed by atoms with E-state index in [0.29, 0.717) is 0 Å². The molecule has 1 rings (SSSR count). The average Bonchev–Trinajstić information content (AvgIpc) is 2.12. The second-order valence-corrected chi connectivity index (χ2v) is 3.15. The van der Waals surface area contributed by atoms with Gasteiger partial charge in [0.1, 0.15) is 5.25 Å². The molecule has 0 radical (unpaired) electrons. The highest BCUT2D eigenvalue weighted by atomic mass is 32.2. The second kappa shape index (κ2) is 2.40. The topological polar surface area (TPSA) is 37.3 Å². The van der Waals surface area contributed by atoms with Crippen LogP contribution in [0, 0.1) is 0 Å². The van der Waals surface area contributed by atoms with E-state index in [1.165, 1.54) is 0 Å². The van der Waals surface area contributed by atoms with Gasteiger partial charge in [0.15, 0.2) is 0 Å². The lowest BCUT2D eigenvalue weighted by Gasteiger charge is -1.96. The van der Waals surface area contributed by atoms with Crippen molar-refractivity contribution in [1.82, 2.24) is 0 Å². The first kappa shape index (κ1) is 5.95. The lowest BCUT2D eigenvalue weighted by molar-refractivity contribution is -0.136. The summed E-state index contributed by atoms with van der Waals surface area (Å²) in [5, 5.41) is 8.29. The van der Waals surface area contributed by atoms with Gasteiger partial charge in [0, 0.05) is 0 Å². The van der Waals surface area contributed by atoms with Crippen LogP contribution in [-0.2, 0) is 4.79 Å². The standard InChI is InChI=1S/C5H8O2S/c6-5(7)4-2-1-3-8-4/h4H,1-3H2,(H,6,7)/t4-/m0/s1. The summed E-state index contributed by atoms with van der Waals surface area (Å²) in [6, 6.07) is 0. The number of carboxylic acids is 1. The molecule has 0 spiro atoms. The summed E-state index contributed by atoms with van der Waals surface area (Å²) < 4.78 is 0. The highest BCUT2D eigenvalue weighted by Crippen LogP contribution is 2.25. The molecule has 1 aliphatic rings. The van der Waals surface area contributed by atoms with E-state index in [0.717, 1.165) is 18.6 Å². The summed E-state index contributed by atoms with van der Waals surface area (Å²) >= 11 is 1.55. The SMILES string of the molecule is O=C(O)[C@@H]1CCCS1. The number of hydrogen-bond acceptors (Lipinski definition) is 2. The number of carboxylic acid groups (broad SMARTS) is 1. The van der Waals surface area contributed by atoms with E-state index in [1.54, 1.807) is 11.8 Å². The van der Waals surface area contributed by atoms with Gasteiger partial charge in [-0.1, -0.05) is 0 Å². The third kappa shape index (κ3) is 1.15. The van der Waals surface area contributed by atoms with E-state index < -0.39 is 5.97 Å². The van der Waals surface area contributed by atoms with Gasteiger partial charge in [0.2, 0.25) is 0 Å². The Morgan fingerprint density at radius 1 is 1.75 bits per heavy atom. The van der Waals surface area contributed by atoms with Gasteiger partial charge in [-0.05, 0) is 18.6 Å². The van der Waals surface area contributed by atoms with E-state index in [2.05, 4.69) is 0 Å². The smallest absolute Gasteiger partial charge is 0.316 e. The first-order valence-corrected chi connectivity index (χ1v) is 3.70. The van der Waals surface area contributed by atoms with E-state index in [4.69, 9.17) is 5.11 Å². The van der Waals surface area contributed by atoms with Crippen LogP contribution in [-0.4, -0.2) is 22.1 Å². The lowest BCUT2D eigenvalue weighted by Crippen LogP contribution is -2.11. The van der Waals surface area contributed by atoms with Crippen LogP contribution in [0.3, 0.4) is 0 Å². The van der Waals surface area contributed by atoms with Gasteiger partial charge < -0.3 is 5.11 Å². The monoisotopic (exact) mass is 132 g/mol. The van der Waals surface area contributed by atoms with Crippen molar-refractivity contribution >= 4 is 17.7 Å². The molecule has 1 N–H and O–H groups in total. The van der Waals surface area contributed by atoms with Crippen molar-refractivity contribution in [2.45, 2.75) is 18.1 Å². The highest BCUT2D eigenvalue weighted by molar-refractivity contribution is 8.00. The number of rotatable bonds is 1. The summed E-state index contributed by atoms with van der Waals surface area (Å²) in [4.78, 5) is 10.2. The van der Waals surface area contributed by atoms with Crippen molar-refractivity contribution in [1.29, 1.82) is 0 Å². The fraction of sp³-hybridized carbons (Fsp3) is 0.800. The molecule has 8 heavy (non-hydrogen) atoms. The first-order valence-electron chi connectivity index (χ1n) is 2.65. The zero-order chi connectivity index (χ0) is 5.98. The summed E-state index contributed by atoms with van der Waals surface area (Å²) in [5.41, 5.74) is 0. The quantitative estimate of drug-likeness (QED) is 0.577. The van der Waals surface area contributed by atoms with E-state index in [9.17, 15) is 4.79 Å². The molecule has 0 aromatic rings. The zero-order valence-electron chi connectivity index (χ0n) is 4.46. The van der Waals surface area contributed by atoms with Gasteiger partial charge >= 0.3 is 5.97 Å². The molecule has 0 bridgehead atoms. The van der Waals surface area contributed by atoms with Crippen LogP contribution in [0.2, 0.25) is 0 Å². The van der Waals surface area contributed by atoms with Crippen molar-refractivity contribution in [3.05, 3.63) is 0 Å². The maximum atomic E-state index is 10.2. The molecule has 0 aromatic heterocycles. The minimum atomic E-state index is -0.646. The fourth-order valence-electron chi connectivity index (χ4n) is 0.772. The molecular formula is C5H8O2S. The van der Waals surface area contributed by atoms with Crippen molar-refractivity contribution in [2.24, 2.45) is 0 Å². The molecule has 3 heteroatoms. The second-order valence-electron chi connectivity index (χ2n) is 1.84. The molecule has 0 aliphatic carbocycles. The van der Waals surface area contributed by atoms with Gasteiger partial charge in [0.25, 0.3) is 0 Å². The Kier molecular flexibility index (Phi) is 1.78. The van der Waals surface area contributed by atoms with Gasteiger partial charge in [0.05, 0.1) is 0 Å². The van der Waals surface area contributed by atoms with Crippen LogP contribution >= 0.6 is 11.8 Å². The molecule has 0 saturated carbocycles. The molecule has 1 aliphatic heterocycles. The van der Waals surface area contributed by atoms with Gasteiger partial charge in [-0.3, -0.25) is 4.79 Å². The minimum absolute atomic E-state index is 0.102. The minimum Gasteiger partial charge on any atom is -0.480 e.